The Bertz CT molecular complexity index is 893. The van der Waals surface area contributed by atoms with Crippen LogP contribution in [0.3, 0.4) is 0 Å². The molecule has 0 radical (unpaired) electrons. The third-order valence-electron chi connectivity index (χ3n) is 4.51. The van der Waals surface area contributed by atoms with Crippen molar-refractivity contribution in [3.8, 4) is 0 Å². The molecule has 2 aromatic carbocycles. The van der Waals surface area contributed by atoms with Crippen LogP contribution >= 0.6 is 0 Å². The van der Waals surface area contributed by atoms with E-state index in [1.165, 1.54) is 24.3 Å². The highest BCUT2D eigenvalue weighted by molar-refractivity contribution is 6.00. The van der Waals surface area contributed by atoms with Gasteiger partial charge in [0.15, 0.2) is 0 Å². The van der Waals surface area contributed by atoms with Crippen LogP contribution in [-0.2, 0) is 9.59 Å². The highest BCUT2D eigenvalue weighted by atomic mass is 19.4. The third kappa shape index (κ3) is 4.76. The maximum Gasteiger partial charge on any atom is 0.471 e. The number of amides is 2. The van der Waals surface area contributed by atoms with E-state index in [0.29, 0.717) is 11.3 Å². The molecule has 0 bridgehead atoms. The number of halogens is 3. The van der Waals surface area contributed by atoms with Gasteiger partial charge in [0, 0.05) is 11.6 Å². The van der Waals surface area contributed by atoms with E-state index >= 15 is 0 Å². The topological polar surface area (TPSA) is 70.6 Å². The molecule has 0 aliphatic heterocycles. The molecule has 28 heavy (non-hydrogen) atoms. The van der Waals surface area contributed by atoms with E-state index in [0.717, 1.165) is 12.0 Å². The van der Waals surface area contributed by atoms with Crippen molar-refractivity contribution in [1.29, 1.82) is 0 Å². The number of nitrogens with one attached hydrogen (secondary N) is 2. The van der Waals surface area contributed by atoms with Crippen LogP contribution in [0.25, 0.3) is 0 Å². The van der Waals surface area contributed by atoms with Crippen molar-refractivity contribution < 1.29 is 22.8 Å². The summed E-state index contributed by atoms with van der Waals surface area (Å²) in [7, 11) is 0. The normalized spacial score (nSPS) is 19.1. The molecule has 2 amide bonds. The Balaban J connectivity index is 1.55. The van der Waals surface area contributed by atoms with Gasteiger partial charge in [-0.3, -0.25) is 9.59 Å². The van der Waals surface area contributed by atoms with Crippen LogP contribution in [0.15, 0.2) is 59.7 Å². The minimum atomic E-state index is -4.94. The van der Waals surface area contributed by atoms with Gasteiger partial charge in [-0.1, -0.05) is 42.5 Å². The number of hydrogen-bond donors (Lipinski definition) is 2. The fourth-order valence-electron chi connectivity index (χ4n) is 2.84. The predicted octanol–water partition coefficient (Wildman–Crippen LogP) is 3.83. The molecule has 1 fully saturated rings. The molecule has 2 aromatic rings. The Morgan fingerprint density at radius 1 is 1.04 bits per heavy atom. The molecule has 2 N–H and O–H groups in total. The van der Waals surface area contributed by atoms with Crippen molar-refractivity contribution >= 4 is 23.2 Å². The van der Waals surface area contributed by atoms with Crippen molar-refractivity contribution in [2.75, 3.05) is 5.32 Å². The van der Waals surface area contributed by atoms with Gasteiger partial charge in [-0.2, -0.15) is 18.3 Å². The highest BCUT2D eigenvalue weighted by Crippen LogP contribution is 2.47. The first kappa shape index (κ1) is 19.6. The molecule has 2 atom stereocenters. The van der Waals surface area contributed by atoms with Crippen molar-refractivity contribution in [1.82, 2.24) is 5.43 Å². The number of hydrazone groups is 1. The average molecular weight is 389 g/mol. The Morgan fingerprint density at radius 2 is 1.68 bits per heavy atom. The van der Waals surface area contributed by atoms with Crippen LogP contribution in [-0.4, -0.2) is 23.7 Å². The summed E-state index contributed by atoms with van der Waals surface area (Å²) in [5, 5.41) is 5.83. The van der Waals surface area contributed by atoms with Gasteiger partial charge in [0.2, 0.25) is 5.91 Å². The van der Waals surface area contributed by atoms with Gasteiger partial charge in [0.05, 0.1) is 5.71 Å². The number of nitrogens with zero attached hydrogens (tertiary/aromatic N) is 1. The van der Waals surface area contributed by atoms with Crippen molar-refractivity contribution in [3.63, 3.8) is 0 Å². The predicted molar refractivity (Wildman–Crippen MR) is 98.8 cm³/mol. The molecule has 146 valence electrons. The van der Waals surface area contributed by atoms with Crippen molar-refractivity contribution in [2.45, 2.75) is 25.4 Å². The summed E-state index contributed by atoms with van der Waals surface area (Å²) in [4.78, 5) is 23.1. The lowest BCUT2D eigenvalue weighted by atomic mass is 10.1. The minimum absolute atomic E-state index is 0.0200. The maximum atomic E-state index is 12.3. The summed E-state index contributed by atoms with van der Waals surface area (Å²) in [6, 6.07) is 15.5. The smallest absolute Gasteiger partial charge is 0.318 e. The zero-order valence-electron chi connectivity index (χ0n) is 15.0. The number of benzene rings is 2. The standard InChI is InChI=1S/C20H18F3N3O2/c1-12(13-7-9-15(10-8-13)24-19(28)20(21,22)23)25-26-18(27)17-11-16(17)14-5-3-2-4-6-14/h2-10,16-17H,11H2,1H3,(H,24,28)(H,26,27)/b25-12-. The van der Waals surface area contributed by atoms with Crippen LogP contribution in [0.1, 0.15) is 30.4 Å². The van der Waals surface area contributed by atoms with Gasteiger partial charge in [-0.05, 0) is 42.5 Å². The summed E-state index contributed by atoms with van der Waals surface area (Å²) < 4.78 is 36.8. The molecule has 0 heterocycles. The summed E-state index contributed by atoms with van der Waals surface area (Å²) in [5.41, 5.74) is 4.80. The second-order valence-electron chi connectivity index (χ2n) is 6.56. The summed E-state index contributed by atoms with van der Waals surface area (Å²) in [5.74, 6) is -2.11. The molecule has 1 aliphatic rings. The van der Waals surface area contributed by atoms with E-state index in [1.54, 1.807) is 12.2 Å². The lowest BCUT2D eigenvalue weighted by Gasteiger charge is -2.08. The molecule has 2 unspecified atom stereocenters. The molecular formula is C20H18F3N3O2. The zero-order chi connectivity index (χ0) is 20.3. The maximum absolute atomic E-state index is 12.3. The molecule has 0 aromatic heterocycles. The second-order valence-corrected chi connectivity index (χ2v) is 6.56. The zero-order valence-corrected chi connectivity index (χ0v) is 15.0. The molecular weight excluding hydrogens is 371 g/mol. The number of hydrogen-bond acceptors (Lipinski definition) is 3. The van der Waals surface area contributed by atoms with Gasteiger partial charge < -0.3 is 5.32 Å². The van der Waals surface area contributed by atoms with Crippen LogP contribution < -0.4 is 10.7 Å². The van der Waals surface area contributed by atoms with E-state index in [-0.39, 0.29) is 23.4 Å². The molecule has 8 heteroatoms. The van der Waals surface area contributed by atoms with Gasteiger partial charge >= 0.3 is 12.1 Å². The molecule has 5 nitrogen and oxygen atoms in total. The highest BCUT2D eigenvalue weighted by Gasteiger charge is 2.43. The Morgan fingerprint density at radius 3 is 2.29 bits per heavy atom. The number of rotatable bonds is 5. The first-order valence-corrected chi connectivity index (χ1v) is 8.63. The number of carbonyl (C=O) groups is 2. The van der Waals surface area contributed by atoms with Gasteiger partial charge in [0.1, 0.15) is 0 Å². The molecule has 3 rings (SSSR count). The first-order valence-electron chi connectivity index (χ1n) is 8.63. The SMILES string of the molecule is C/C(=N/NC(=O)C1CC1c1ccccc1)c1ccc(NC(=O)C(F)(F)F)cc1. The summed E-state index contributed by atoms with van der Waals surface area (Å²) in [6.45, 7) is 1.67. The van der Waals surface area contributed by atoms with Gasteiger partial charge in [-0.25, -0.2) is 5.43 Å². The van der Waals surface area contributed by atoms with E-state index < -0.39 is 12.1 Å². The number of alkyl halides is 3. The van der Waals surface area contributed by atoms with Crippen LogP contribution in [0.5, 0.6) is 0 Å². The van der Waals surface area contributed by atoms with Gasteiger partial charge in [0.25, 0.3) is 0 Å². The monoisotopic (exact) mass is 389 g/mol. The van der Waals surface area contributed by atoms with Crippen molar-refractivity contribution in [2.24, 2.45) is 11.0 Å². The Hall–Kier alpha value is -3.16. The van der Waals surface area contributed by atoms with Gasteiger partial charge in [-0.15, -0.1) is 0 Å². The number of carbonyl (C=O) groups excluding carboxylic acids is 2. The van der Waals surface area contributed by atoms with Crippen LogP contribution in [0, 0.1) is 5.92 Å². The van der Waals surface area contributed by atoms with E-state index in [1.807, 2.05) is 30.3 Å². The lowest BCUT2D eigenvalue weighted by molar-refractivity contribution is -0.167. The third-order valence-corrected chi connectivity index (χ3v) is 4.51. The fraction of sp³-hybridized carbons (Fsp3) is 0.250. The van der Waals surface area contributed by atoms with Crippen LogP contribution in [0.2, 0.25) is 0 Å². The van der Waals surface area contributed by atoms with E-state index in [4.69, 9.17) is 0 Å². The summed E-state index contributed by atoms with van der Waals surface area (Å²) in [6.07, 6.45) is -4.17. The van der Waals surface area contributed by atoms with E-state index in [2.05, 4.69) is 10.5 Å². The first-order chi connectivity index (χ1) is 13.3. The van der Waals surface area contributed by atoms with Crippen molar-refractivity contribution in [3.05, 3.63) is 65.7 Å². The molecule has 0 saturated heterocycles. The Kier molecular flexibility index (Phi) is 5.48. The number of anilines is 1. The fourth-order valence-corrected chi connectivity index (χ4v) is 2.84. The largest absolute Gasteiger partial charge is 0.471 e. The van der Waals surface area contributed by atoms with E-state index in [9.17, 15) is 22.8 Å². The minimum Gasteiger partial charge on any atom is -0.318 e. The Labute approximate surface area is 159 Å². The second kappa shape index (κ2) is 7.84. The molecule has 1 aliphatic carbocycles. The molecule has 0 spiro atoms. The molecule has 1 saturated carbocycles. The van der Waals surface area contributed by atoms with Crippen LogP contribution in [0.4, 0.5) is 18.9 Å². The summed E-state index contributed by atoms with van der Waals surface area (Å²) >= 11 is 0. The quantitative estimate of drug-likeness (QED) is 0.603. The average Bonchev–Trinajstić information content (AvgIpc) is 3.47. The lowest BCUT2D eigenvalue weighted by Crippen LogP contribution is -2.29.